The third-order valence-corrected chi connectivity index (χ3v) is 3.05. The van der Waals surface area contributed by atoms with Crippen molar-refractivity contribution in [3.05, 3.63) is 11.1 Å². The second kappa shape index (κ2) is 4.72. The van der Waals surface area contributed by atoms with Crippen LogP contribution in [0, 0.1) is 0 Å². The van der Waals surface area contributed by atoms with Gasteiger partial charge >= 0.3 is 0 Å². The molecule has 0 unspecified atom stereocenters. The molecule has 2 heterocycles. The number of nitrogen functional groups attached to an aromatic ring is 1. The highest BCUT2D eigenvalue weighted by molar-refractivity contribution is 7.13. The van der Waals surface area contributed by atoms with Crippen LogP contribution in [0.1, 0.15) is 18.5 Å². The predicted molar refractivity (Wildman–Crippen MR) is 57.2 cm³/mol. The fraction of sp³-hybridized carbons (Fsp3) is 0.667. The maximum Gasteiger partial charge on any atom is 0.180 e. The minimum Gasteiger partial charge on any atom is -0.375 e. The number of nitrogens with one attached hydrogen (secondary N) is 1. The van der Waals surface area contributed by atoms with E-state index in [4.69, 9.17) is 10.5 Å². The van der Waals surface area contributed by atoms with Gasteiger partial charge in [0.15, 0.2) is 5.13 Å². The molecule has 1 saturated heterocycles. The molecular formula is C9H15N3OS. The summed E-state index contributed by atoms with van der Waals surface area (Å²) in [6, 6.07) is 0. The zero-order valence-electron chi connectivity index (χ0n) is 8.03. The zero-order valence-corrected chi connectivity index (χ0v) is 8.85. The lowest BCUT2D eigenvalue weighted by Crippen LogP contribution is -2.32. The average molecular weight is 213 g/mol. The van der Waals surface area contributed by atoms with Crippen LogP contribution in [0.5, 0.6) is 0 Å². The maximum atomic E-state index is 5.73. The predicted octanol–water partition coefficient (Wildman–Crippen LogP) is 0.994. The number of nitrogens with two attached hydrogens (primary N) is 1. The molecule has 2 rings (SSSR count). The molecule has 0 saturated carbocycles. The Bertz CT molecular complexity index is 283. The Balaban J connectivity index is 1.76. The van der Waals surface area contributed by atoms with Crippen LogP contribution in [-0.2, 0) is 11.3 Å². The molecule has 0 bridgehead atoms. The van der Waals surface area contributed by atoms with Gasteiger partial charge in [0.25, 0.3) is 0 Å². The number of thiazole rings is 1. The fourth-order valence-corrected chi connectivity index (χ4v) is 2.10. The van der Waals surface area contributed by atoms with E-state index in [1.165, 1.54) is 11.3 Å². The summed E-state index contributed by atoms with van der Waals surface area (Å²) >= 11 is 1.47. The molecule has 14 heavy (non-hydrogen) atoms. The first kappa shape index (κ1) is 9.89. The van der Waals surface area contributed by atoms with E-state index >= 15 is 0 Å². The molecule has 0 aliphatic carbocycles. The maximum absolute atomic E-state index is 5.73. The van der Waals surface area contributed by atoms with E-state index in [1.807, 2.05) is 5.38 Å². The van der Waals surface area contributed by atoms with E-state index in [-0.39, 0.29) is 0 Å². The van der Waals surface area contributed by atoms with Gasteiger partial charge in [0.05, 0.1) is 18.4 Å². The van der Waals surface area contributed by atoms with Gasteiger partial charge in [0.2, 0.25) is 0 Å². The molecule has 4 nitrogen and oxygen atoms in total. The molecule has 0 atom stereocenters. The van der Waals surface area contributed by atoms with Crippen LogP contribution < -0.4 is 11.1 Å². The van der Waals surface area contributed by atoms with Gasteiger partial charge in [-0.25, -0.2) is 4.98 Å². The molecule has 78 valence electrons. The quantitative estimate of drug-likeness (QED) is 0.786. The van der Waals surface area contributed by atoms with Crippen molar-refractivity contribution in [2.75, 3.05) is 18.8 Å². The lowest BCUT2D eigenvalue weighted by molar-refractivity contribution is 0.0198. The Morgan fingerprint density at radius 1 is 1.57 bits per heavy atom. The zero-order chi connectivity index (χ0) is 9.80. The minimum absolute atomic E-state index is 0.388. The topological polar surface area (TPSA) is 60.2 Å². The van der Waals surface area contributed by atoms with Crippen molar-refractivity contribution >= 4 is 16.5 Å². The van der Waals surface area contributed by atoms with Crippen molar-refractivity contribution in [2.45, 2.75) is 25.6 Å². The smallest absolute Gasteiger partial charge is 0.180 e. The van der Waals surface area contributed by atoms with E-state index in [0.717, 1.165) is 31.6 Å². The largest absolute Gasteiger partial charge is 0.375 e. The van der Waals surface area contributed by atoms with Gasteiger partial charge in [0, 0.05) is 5.38 Å². The fourth-order valence-electron chi connectivity index (χ4n) is 1.55. The number of hydrogen-bond acceptors (Lipinski definition) is 5. The number of hydrogen-bond donors (Lipinski definition) is 2. The number of anilines is 1. The van der Waals surface area contributed by atoms with Gasteiger partial charge in [-0.05, 0) is 25.9 Å². The normalized spacial score (nSPS) is 18.6. The molecule has 3 N–H and O–H groups in total. The molecule has 1 fully saturated rings. The average Bonchev–Trinajstić information content (AvgIpc) is 2.63. The standard InChI is InChI=1S/C9H15N3OS/c10-9-12-7(6-14-9)5-13-8-1-3-11-4-2-8/h6,8,11H,1-5H2,(H2,10,12). The molecule has 1 aliphatic rings. The Morgan fingerprint density at radius 2 is 2.36 bits per heavy atom. The Labute approximate surface area is 87.5 Å². The highest BCUT2D eigenvalue weighted by Gasteiger charge is 2.13. The molecule has 1 aromatic heterocycles. The molecule has 1 aliphatic heterocycles. The van der Waals surface area contributed by atoms with Crippen LogP contribution in [0.4, 0.5) is 5.13 Å². The van der Waals surface area contributed by atoms with Crippen LogP contribution >= 0.6 is 11.3 Å². The van der Waals surface area contributed by atoms with Gasteiger partial charge < -0.3 is 15.8 Å². The second-order valence-corrected chi connectivity index (χ2v) is 4.33. The Kier molecular flexibility index (Phi) is 3.34. The highest BCUT2D eigenvalue weighted by Crippen LogP contribution is 2.14. The summed E-state index contributed by atoms with van der Waals surface area (Å²) < 4.78 is 5.73. The van der Waals surface area contributed by atoms with Crippen molar-refractivity contribution in [1.29, 1.82) is 0 Å². The molecule has 0 spiro atoms. The highest BCUT2D eigenvalue weighted by atomic mass is 32.1. The summed E-state index contributed by atoms with van der Waals surface area (Å²) in [4.78, 5) is 4.15. The lowest BCUT2D eigenvalue weighted by atomic mass is 10.1. The summed E-state index contributed by atoms with van der Waals surface area (Å²) in [7, 11) is 0. The van der Waals surface area contributed by atoms with Gasteiger partial charge in [-0.1, -0.05) is 0 Å². The van der Waals surface area contributed by atoms with Crippen molar-refractivity contribution < 1.29 is 4.74 Å². The molecule has 5 heteroatoms. The van der Waals surface area contributed by atoms with Crippen molar-refractivity contribution in [1.82, 2.24) is 10.3 Å². The van der Waals surface area contributed by atoms with Crippen LogP contribution in [0.25, 0.3) is 0 Å². The first-order chi connectivity index (χ1) is 6.84. The van der Waals surface area contributed by atoms with Crippen LogP contribution in [-0.4, -0.2) is 24.2 Å². The number of rotatable bonds is 3. The Hall–Kier alpha value is -0.650. The molecule has 0 amide bonds. The lowest BCUT2D eigenvalue weighted by Gasteiger charge is -2.22. The van der Waals surface area contributed by atoms with E-state index < -0.39 is 0 Å². The van der Waals surface area contributed by atoms with Gasteiger partial charge in [-0.2, -0.15) is 0 Å². The van der Waals surface area contributed by atoms with E-state index in [0.29, 0.717) is 17.8 Å². The first-order valence-corrected chi connectivity index (χ1v) is 5.75. The van der Waals surface area contributed by atoms with Gasteiger partial charge in [-0.15, -0.1) is 11.3 Å². The Morgan fingerprint density at radius 3 is 3.00 bits per heavy atom. The van der Waals surface area contributed by atoms with E-state index in [1.54, 1.807) is 0 Å². The number of nitrogens with zero attached hydrogens (tertiary/aromatic N) is 1. The first-order valence-electron chi connectivity index (χ1n) is 4.87. The molecule has 1 aromatic rings. The van der Waals surface area contributed by atoms with E-state index in [9.17, 15) is 0 Å². The molecule has 0 radical (unpaired) electrons. The molecular weight excluding hydrogens is 198 g/mol. The summed E-state index contributed by atoms with van der Waals surface area (Å²) in [5, 5.41) is 5.88. The molecule has 0 aromatic carbocycles. The van der Waals surface area contributed by atoms with Gasteiger partial charge in [0.1, 0.15) is 0 Å². The van der Waals surface area contributed by atoms with Gasteiger partial charge in [-0.3, -0.25) is 0 Å². The summed E-state index contributed by atoms with van der Waals surface area (Å²) in [5.41, 5.74) is 6.48. The summed E-state index contributed by atoms with van der Waals surface area (Å²) in [5.74, 6) is 0. The third-order valence-electron chi connectivity index (χ3n) is 2.32. The minimum atomic E-state index is 0.388. The van der Waals surface area contributed by atoms with Crippen molar-refractivity contribution in [2.24, 2.45) is 0 Å². The van der Waals surface area contributed by atoms with E-state index in [2.05, 4.69) is 10.3 Å². The third kappa shape index (κ3) is 2.67. The van der Waals surface area contributed by atoms with Crippen molar-refractivity contribution in [3.8, 4) is 0 Å². The second-order valence-electron chi connectivity index (χ2n) is 3.44. The van der Waals surface area contributed by atoms with Crippen LogP contribution in [0.2, 0.25) is 0 Å². The van der Waals surface area contributed by atoms with Crippen LogP contribution in [0.3, 0.4) is 0 Å². The summed E-state index contributed by atoms with van der Waals surface area (Å²) in [6.07, 6.45) is 2.58. The number of ether oxygens (including phenoxy) is 1. The van der Waals surface area contributed by atoms with Crippen LogP contribution in [0.15, 0.2) is 5.38 Å². The SMILES string of the molecule is Nc1nc(COC2CCNCC2)cs1. The number of piperidine rings is 1. The summed E-state index contributed by atoms with van der Waals surface area (Å²) in [6.45, 7) is 2.71. The monoisotopic (exact) mass is 213 g/mol. The van der Waals surface area contributed by atoms with Crippen molar-refractivity contribution in [3.63, 3.8) is 0 Å². The number of aromatic nitrogens is 1.